The summed E-state index contributed by atoms with van der Waals surface area (Å²) in [5, 5.41) is 15.6. The first-order valence-corrected chi connectivity index (χ1v) is 7.99. The number of aromatic nitrogens is 2. The van der Waals surface area contributed by atoms with E-state index in [1.54, 1.807) is 20.3 Å². The number of oxime groups is 1. The van der Waals surface area contributed by atoms with Crippen LogP contribution in [0.2, 0.25) is 0 Å². The molecule has 126 valence electrons. The van der Waals surface area contributed by atoms with Crippen molar-refractivity contribution in [3.05, 3.63) is 18.2 Å². The lowest BCUT2D eigenvalue weighted by molar-refractivity contribution is -0.125. The van der Waals surface area contributed by atoms with E-state index in [-0.39, 0.29) is 5.91 Å². The fraction of sp³-hybridized carbons (Fsp3) is 0.333. The van der Waals surface area contributed by atoms with Gasteiger partial charge in [-0.25, -0.2) is 0 Å². The minimum atomic E-state index is -0.622. The molecule has 0 saturated carbocycles. The van der Waals surface area contributed by atoms with E-state index in [1.807, 2.05) is 19.1 Å². The molecule has 1 atom stereocenters. The minimum absolute atomic E-state index is 0.295. The summed E-state index contributed by atoms with van der Waals surface area (Å²) in [5.74, 6) is 0.871. The number of ether oxygens (including phenoxy) is 2. The van der Waals surface area contributed by atoms with Gasteiger partial charge in [-0.2, -0.15) is 0 Å². The molecule has 9 heteroatoms. The number of nitrogens with zero attached hydrogens (tertiary/aromatic N) is 3. The van der Waals surface area contributed by atoms with Gasteiger partial charge in [0.15, 0.2) is 16.5 Å². The molecule has 24 heavy (non-hydrogen) atoms. The molecule has 2 aromatic rings. The molecule has 0 saturated heterocycles. The Morgan fingerprint density at radius 1 is 1.33 bits per heavy atom. The third-order valence-corrected chi connectivity index (χ3v) is 4.27. The maximum absolute atomic E-state index is 12.1. The molecule has 1 aliphatic heterocycles. The van der Waals surface area contributed by atoms with E-state index in [4.69, 9.17) is 14.3 Å². The van der Waals surface area contributed by atoms with E-state index < -0.39 is 6.10 Å². The quantitative estimate of drug-likeness (QED) is 0.891. The molecular formula is C15H16N4O4S. The monoisotopic (exact) mass is 348 g/mol. The number of amides is 1. The molecule has 1 aliphatic rings. The van der Waals surface area contributed by atoms with Crippen LogP contribution in [-0.4, -0.2) is 42.1 Å². The summed E-state index contributed by atoms with van der Waals surface area (Å²) >= 11 is 1.24. The normalized spacial score (nSPS) is 16.3. The van der Waals surface area contributed by atoms with Crippen molar-refractivity contribution in [1.29, 1.82) is 0 Å². The number of benzene rings is 1. The largest absolute Gasteiger partial charge is 0.493 e. The average molecular weight is 348 g/mol. The maximum Gasteiger partial charge on any atom is 0.270 e. The van der Waals surface area contributed by atoms with Gasteiger partial charge in [0.05, 0.1) is 25.5 Å². The van der Waals surface area contributed by atoms with Crippen molar-refractivity contribution in [3.63, 3.8) is 0 Å². The van der Waals surface area contributed by atoms with Crippen LogP contribution >= 0.6 is 11.3 Å². The van der Waals surface area contributed by atoms with E-state index in [0.29, 0.717) is 28.1 Å². The van der Waals surface area contributed by atoms with Crippen LogP contribution < -0.4 is 14.8 Å². The van der Waals surface area contributed by atoms with Gasteiger partial charge in [-0.3, -0.25) is 10.1 Å². The molecule has 0 bridgehead atoms. The van der Waals surface area contributed by atoms with E-state index >= 15 is 0 Å². The summed E-state index contributed by atoms with van der Waals surface area (Å²) in [6.07, 6.45) is -0.148. The maximum atomic E-state index is 12.1. The first-order chi connectivity index (χ1) is 11.6. The summed E-state index contributed by atoms with van der Waals surface area (Å²) in [4.78, 5) is 17.2. The zero-order chi connectivity index (χ0) is 17.1. The Bertz CT molecular complexity index is 790. The van der Waals surface area contributed by atoms with Crippen molar-refractivity contribution in [2.75, 3.05) is 19.5 Å². The van der Waals surface area contributed by atoms with Gasteiger partial charge in [0.1, 0.15) is 0 Å². The van der Waals surface area contributed by atoms with Crippen molar-refractivity contribution >= 4 is 28.1 Å². The van der Waals surface area contributed by atoms with E-state index in [0.717, 1.165) is 11.3 Å². The first kappa shape index (κ1) is 16.2. The highest BCUT2D eigenvalue weighted by molar-refractivity contribution is 7.18. The van der Waals surface area contributed by atoms with Crippen molar-refractivity contribution in [3.8, 4) is 22.1 Å². The zero-order valence-corrected chi connectivity index (χ0v) is 14.2. The highest BCUT2D eigenvalue weighted by atomic mass is 32.1. The first-order valence-electron chi connectivity index (χ1n) is 7.17. The molecule has 0 unspecified atom stereocenters. The number of methoxy groups -OCH3 is 2. The molecule has 1 amide bonds. The van der Waals surface area contributed by atoms with Crippen molar-refractivity contribution < 1.29 is 19.1 Å². The molecule has 2 heterocycles. The fourth-order valence-corrected chi connectivity index (χ4v) is 3.03. The van der Waals surface area contributed by atoms with E-state index in [1.165, 1.54) is 11.3 Å². The van der Waals surface area contributed by atoms with Crippen LogP contribution in [0.3, 0.4) is 0 Å². The van der Waals surface area contributed by atoms with Crippen LogP contribution in [0.25, 0.3) is 10.6 Å². The highest BCUT2D eigenvalue weighted by Crippen LogP contribution is 2.39. The molecule has 1 aromatic carbocycles. The Morgan fingerprint density at radius 3 is 2.83 bits per heavy atom. The van der Waals surface area contributed by atoms with Crippen molar-refractivity contribution in [1.82, 2.24) is 10.2 Å². The highest BCUT2D eigenvalue weighted by Gasteiger charge is 2.27. The van der Waals surface area contributed by atoms with E-state index in [9.17, 15) is 4.79 Å². The molecule has 0 fully saturated rings. The topological polar surface area (TPSA) is 94.9 Å². The Labute approximate surface area is 142 Å². The second-order valence-corrected chi connectivity index (χ2v) is 6.04. The molecule has 0 aliphatic carbocycles. The molecule has 1 aromatic heterocycles. The number of hydrogen-bond acceptors (Lipinski definition) is 8. The van der Waals surface area contributed by atoms with Crippen LogP contribution in [0.1, 0.15) is 13.3 Å². The summed E-state index contributed by atoms with van der Waals surface area (Å²) in [7, 11) is 3.13. The van der Waals surface area contributed by atoms with Gasteiger partial charge in [0, 0.05) is 6.42 Å². The van der Waals surface area contributed by atoms with Gasteiger partial charge in [-0.05, 0) is 19.1 Å². The SMILES string of the molecule is COc1cccc(-c2nnc(NC(=O)[C@@H]3CC(C)=NO3)s2)c1OC. The van der Waals surface area contributed by atoms with Crippen molar-refractivity contribution in [2.24, 2.45) is 5.16 Å². The van der Waals surface area contributed by atoms with Gasteiger partial charge in [0.2, 0.25) is 11.2 Å². The van der Waals surface area contributed by atoms with Crippen LogP contribution in [-0.2, 0) is 9.63 Å². The Hall–Kier alpha value is -2.68. The Balaban J connectivity index is 1.78. The Kier molecular flexibility index (Phi) is 4.61. The molecule has 0 spiro atoms. The van der Waals surface area contributed by atoms with Crippen LogP contribution in [0.4, 0.5) is 5.13 Å². The number of anilines is 1. The lowest BCUT2D eigenvalue weighted by Crippen LogP contribution is -2.27. The van der Waals surface area contributed by atoms with Gasteiger partial charge in [-0.1, -0.05) is 22.6 Å². The third kappa shape index (κ3) is 3.16. The van der Waals surface area contributed by atoms with Crippen LogP contribution in [0.5, 0.6) is 11.5 Å². The molecule has 8 nitrogen and oxygen atoms in total. The average Bonchev–Trinajstić information content (AvgIpc) is 3.23. The number of carbonyl (C=O) groups excluding carboxylic acids is 1. The summed E-state index contributed by atoms with van der Waals surface area (Å²) in [5.41, 5.74) is 1.53. The third-order valence-electron chi connectivity index (χ3n) is 3.40. The van der Waals surface area contributed by atoms with E-state index in [2.05, 4.69) is 20.7 Å². The second-order valence-electron chi connectivity index (χ2n) is 5.07. The van der Waals surface area contributed by atoms with Gasteiger partial charge in [0.25, 0.3) is 5.91 Å². The second kappa shape index (κ2) is 6.83. The molecule has 3 rings (SSSR count). The summed E-state index contributed by atoms with van der Waals surface area (Å²) in [6.45, 7) is 1.81. The van der Waals surface area contributed by atoms with Crippen LogP contribution in [0.15, 0.2) is 23.4 Å². The number of para-hydroxylation sites is 1. The van der Waals surface area contributed by atoms with Gasteiger partial charge in [-0.15, -0.1) is 10.2 Å². The van der Waals surface area contributed by atoms with Gasteiger partial charge >= 0.3 is 0 Å². The van der Waals surface area contributed by atoms with Gasteiger partial charge < -0.3 is 14.3 Å². The lowest BCUT2D eigenvalue weighted by Gasteiger charge is -2.10. The standard InChI is InChI=1S/C15H16N4O4S/c1-8-7-11(23-19-8)13(20)16-15-18-17-14(24-15)9-5-4-6-10(21-2)12(9)22-3/h4-6,11H,7H2,1-3H3,(H,16,18,20)/t11-/m0/s1. The van der Waals surface area contributed by atoms with Crippen LogP contribution in [0, 0.1) is 0 Å². The fourth-order valence-electron chi connectivity index (χ4n) is 2.26. The predicted molar refractivity (Wildman–Crippen MR) is 89.7 cm³/mol. The molecular weight excluding hydrogens is 332 g/mol. The smallest absolute Gasteiger partial charge is 0.270 e. The summed E-state index contributed by atoms with van der Waals surface area (Å²) < 4.78 is 10.7. The number of nitrogens with one attached hydrogen (secondary N) is 1. The number of hydrogen-bond donors (Lipinski definition) is 1. The number of carbonyl (C=O) groups is 1. The molecule has 0 radical (unpaired) electrons. The Morgan fingerprint density at radius 2 is 2.17 bits per heavy atom. The van der Waals surface area contributed by atoms with Crippen molar-refractivity contribution in [2.45, 2.75) is 19.4 Å². The number of rotatable bonds is 5. The zero-order valence-electron chi connectivity index (χ0n) is 13.4. The predicted octanol–water partition coefficient (Wildman–Crippen LogP) is 2.33. The minimum Gasteiger partial charge on any atom is -0.493 e. The molecule has 1 N–H and O–H groups in total. The summed E-state index contributed by atoms with van der Waals surface area (Å²) in [6, 6.07) is 5.49. The lowest BCUT2D eigenvalue weighted by atomic mass is 10.2.